The van der Waals surface area contributed by atoms with Gasteiger partial charge in [-0.3, -0.25) is 14.5 Å². The molecule has 1 aromatic heterocycles. The fourth-order valence-corrected chi connectivity index (χ4v) is 8.40. The summed E-state index contributed by atoms with van der Waals surface area (Å²) in [5.74, 6) is -2.08. The van der Waals surface area contributed by atoms with Gasteiger partial charge in [-0.1, -0.05) is 53.5 Å². The predicted octanol–water partition coefficient (Wildman–Crippen LogP) is 7.14. The number of carbonyl (C=O) groups is 2. The number of rotatable bonds is 9. The third kappa shape index (κ3) is 6.45. The van der Waals surface area contributed by atoms with E-state index < -0.39 is 23.8 Å². The number of likely N-dealkylation sites (N-methyl/N-ethyl adjacent to an activating group) is 1. The number of benzene rings is 3. The van der Waals surface area contributed by atoms with Gasteiger partial charge in [0.15, 0.2) is 17.3 Å². The molecule has 10 nitrogen and oxygen atoms in total. The molecule has 3 unspecified atom stereocenters. The van der Waals surface area contributed by atoms with Gasteiger partial charge in [-0.25, -0.2) is 4.98 Å². The van der Waals surface area contributed by atoms with E-state index in [1.54, 1.807) is 12.1 Å². The maximum absolute atomic E-state index is 16.1. The van der Waals surface area contributed by atoms with E-state index >= 15 is 4.39 Å². The molecule has 1 saturated heterocycles. The second kappa shape index (κ2) is 14.1. The quantitative estimate of drug-likeness (QED) is 0.187. The van der Waals surface area contributed by atoms with Crippen molar-refractivity contribution in [2.45, 2.75) is 57.8 Å². The number of amides is 1. The molecule has 2 aliphatic heterocycles. The van der Waals surface area contributed by atoms with Crippen molar-refractivity contribution < 1.29 is 28.6 Å². The molecule has 268 valence electrons. The first-order chi connectivity index (χ1) is 24.5. The zero-order valence-electron chi connectivity index (χ0n) is 28.9. The number of imidazole rings is 1. The number of aliphatic carboxylic acids is 1. The number of fused-ring (bicyclic) bond motifs is 2. The number of hydrogen-bond donors (Lipinski definition) is 2. The van der Waals surface area contributed by atoms with Gasteiger partial charge in [0.1, 0.15) is 6.10 Å². The maximum atomic E-state index is 16.1. The highest BCUT2D eigenvalue weighted by Gasteiger charge is 2.37. The number of likely N-dealkylation sites (tertiary alicyclic amines) is 1. The first-order valence-electron chi connectivity index (χ1n) is 17.1. The van der Waals surface area contributed by atoms with Crippen LogP contribution in [0.1, 0.15) is 64.6 Å². The molecule has 2 N–H and O–H groups in total. The van der Waals surface area contributed by atoms with Crippen LogP contribution in [-0.2, 0) is 37.8 Å². The standard InChI is InChI=1S/C38H40Cl2FN5O5/c1-20-22(38(48)49)13-16-46(20)18-21-17-27(39)35(33(41)34(21)50-4)51-31-12-11-24-23(7-5-8-25(24)31)26-9-6-10-28(32(26)40)43-37(47)36-42-29-19-44(2)15-14-30(29)45(36)3/h5-10,17,20,22,31H,11-16,18-19H2,1-4H3,(H,43,47)(H,48,49). The summed E-state index contributed by atoms with van der Waals surface area (Å²) in [5, 5.41) is 13.0. The molecule has 3 aromatic carbocycles. The normalized spacial score (nSPS) is 20.3. The highest BCUT2D eigenvalue weighted by molar-refractivity contribution is 6.36. The summed E-state index contributed by atoms with van der Waals surface area (Å²) in [6.45, 7) is 4.34. The largest absolute Gasteiger partial charge is 0.493 e. The van der Waals surface area contributed by atoms with Crippen LogP contribution in [0.5, 0.6) is 11.5 Å². The second-order valence-corrected chi connectivity index (χ2v) is 14.4. The summed E-state index contributed by atoms with van der Waals surface area (Å²) in [5.41, 5.74) is 6.54. The summed E-state index contributed by atoms with van der Waals surface area (Å²) >= 11 is 13.7. The van der Waals surface area contributed by atoms with Crippen LogP contribution < -0.4 is 14.8 Å². The molecule has 0 bridgehead atoms. The van der Waals surface area contributed by atoms with Gasteiger partial charge in [0.05, 0.1) is 34.5 Å². The lowest BCUT2D eigenvalue weighted by Crippen LogP contribution is -2.32. The Balaban J connectivity index is 1.12. The molecule has 1 fully saturated rings. The number of anilines is 1. The molecule has 7 rings (SSSR count). The Labute approximate surface area is 306 Å². The number of nitrogens with one attached hydrogen (secondary N) is 1. The molecule has 3 heterocycles. The smallest absolute Gasteiger partial charge is 0.308 e. The fourth-order valence-electron chi connectivity index (χ4n) is 7.87. The van der Waals surface area contributed by atoms with E-state index in [1.165, 1.54) is 7.11 Å². The van der Waals surface area contributed by atoms with Gasteiger partial charge in [0.2, 0.25) is 5.82 Å². The van der Waals surface area contributed by atoms with Crippen LogP contribution in [0.4, 0.5) is 10.1 Å². The number of ether oxygens (including phenoxy) is 2. The summed E-state index contributed by atoms with van der Waals surface area (Å²) in [6.07, 6.45) is 2.11. The molecule has 3 atom stereocenters. The van der Waals surface area contributed by atoms with E-state index in [-0.39, 0.29) is 28.5 Å². The van der Waals surface area contributed by atoms with Gasteiger partial charge in [-0.05, 0) is 68.6 Å². The van der Waals surface area contributed by atoms with Gasteiger partial charge in [-0.15, -0.1) is 0 Å². The molecule has 1 amide bonds. The average molecular weight is 737 g/mol. The van der Waals surface area contributed by atoms with Gasteiger partial charge in [0.25, 0.3) is 5.91 Å². The monoisotopic (exact) mass is 735 g/mol. The van der Waals surface area contributed by atoms with Crippen molar-refractivity contribution in [3.8, 4) is 22.6 Å². The van der Waals surface area contributed by atoms with Gasteiger partial charge in [0, 0.05) is 56.0 Å². The molecule has 3 aliphatic rings. The lowest BCUT2D eigenvalue weighted by molar-refractivity contribution is -0.142. The van der Waals surface area contributed by atoms with Crippen molar-refractivity contribution in [3.05, 3.63) is 92.2 Å². The van der Waals surface area contributed by atoms with Crippen molar-refractivity contribution in [1.82, 2.24) is 19.4 Å². The Morgan fingerprint density at radius 1 is 1.06 bits per heavy atom. The lowest BCUT2D eigenvalue weighted by atomic mass is 9.96. The third-order valence-corrected chi connectivity index (χ3v) is 11.3. The molecular weight excluding hydrogens is 696 g/mol. The SMILES string of the molecule is COc1c(CN2CCC(C(=O)O)C2C)cc(Cl)c(OC2CCc3c(-c4cccc(NC(=O)c5nc6c(n5C)CCN(C)C6)c4Cl)cccc32)c1F. The number of carboxylic acids is 1. The average Bonchev–Trinajstić information content (AvgIpc) is 3.78. The lowest BCUT2D eigenvalue weighted by Gasteiger charge is -2.25. The summed E-state index contributed by atoms with van der Waals surface area (Å²) in [7, 11) is 5.30. The molecule has 0 radical (unpaired) electrons. The van der Waals surface area contributed by atoms with Crippen LogP contribution in [0.3, 0.4) is 0 Å². The van der Waals surface area contributed by atoms with Crippen LogP contribution in [0.15, 0.2) is 42.5 Å². The molecule has 51 heavy (non-hydrogen) atoms. The van der Waals surface area contributed by atoms with Crippen LogP contribution in [0.2, 0.25) is 10.0 Å². The molecule has 13 heteroatoms. The Morgan fingerprint density at radius 2 is 1.82 bits per heavy atom. The zero-order chi connectivity index (χ0) is 36.1. The Hall–Kier alpha value is -4.16. The number of nitrogens with zero attached hydrogens (tertiary/aromatic N) is 4. The van der Waals surface area contributed by atoms with E-state index in [1.807, 2.05) is 60.8 Å². The van der Waals surface area contributed by atoms with E-state index in [0.717, 1.165) is 46.6 Å². The van der Waals surface area contributed by atoms with Crippen molar-refractivity contribution in [2.75, 3.05) is 32.6 Å². The topological polar surface area (TPSA) is 109 Å². The number of carboxylic acid groups (broad SMARTS) is 1. The summed E-state index contributed by atoms with van der Waals surface area (Å²) in [4.78, 5) is 33.9. The maximum Gasteiger partial charge on any atom is 0.308 e. The van der Waals surface area contributed by atoms with E-state index in [2.05, 4.69) is 15.2 Å². The van der Waals surface area contributed by atoms with Gasteiger partial charge < -0.3 is 29.4 Å². The van der Waals surface area contributed by atoms with Crippen molar-refractivity contribution in [1.29, 1.82) is 0 Å². The van der Waals surface area contributed by atoms with Crippen LogP contribution >= 0.6 is 23.2 Å². The molecule has 0 spiro atoms. The summed E-state index contributed by atoms with van der Waals surface area (Å²) < 4.78 is 29.8. The Morgan fingerprint density at radius 3 is 2.57 bits per heavy atom. The molecule has 0 saturated carbocycles. The first kappa shape index (κ1) is 35.3. The number of methoxy groups -OCH3 is 1. The van der Waals surface area contributed by atoms with Crippen molar-refractivity contribution in [2.24, 2.45) is 13.0 Å². The molecular formula is C38H40Cl2FN5O5. The number of hydrogen-bond acceptors (Lipinski definition) is 7. The highest BCUT2D eigenvalue weighted by atomic mass is 35.5. The number of halogens is 3. The predicted molar refractivity (Wildman–Crippen MR) is 193 cm³/mol. The van der Waals surface area contributed by atoms with Crippen LogP contribution in [0, 0.1) is 11.7 Å². The highest BCUT2D eigenvalue weighted by Crippen LogP contribution is 2.46. The Bertz CT molecular complexity index is 2040. The minimum Gasteiger partial charge on any atom is -0.493 e. The van der Waals surface area contributed by atoms with E-state index in [9.17, 15) is 14.7 Å². The first-order valence-corrected chi connectivity index (χ1v) is 17.9. The number of carbonyl (C=O) groups excluding carboxylic acids is 1. The minimum atomic E-state index is -0.835. The van der Waals surface area contributed by atoms with Gasteiger partial charge in [-0.2, -0.15) is 4.39 Å². The zero-order valence-corrected chi connectivity index (χ0v) is 30.4. The fraction of sp³-hybridized carbons (Fsp3) is 0.395. The minimum absolute atomic E-state index is 0.0241. The van der Waals surface area contributed by atoms with Crippen LogP contribution in [0.25, 0.3) is 11.1 Å². The third-order valence-electron chi connectivity index (χ3n) is 10.7. The summed E-state index contributed by atoms with van der Waals surface area (Å²) in [6, 6.07) is 12.8. The number of aromatic nitrogens is 2. The second-order valence-electron chi connectivity index (χ2n) is 13.7. The van der Waals surface area contributed by atoms with Crippen molar-refractivity contribution in [3.63, 3.8) is 0 Å². The van der Waals surface area contributed by atoms with Gasteiger partial charge >= 0.3 is 5.97 Å². The van der Waals surface area contributed by atoms with Crippen LogP contribution in [-0.4, -0.2) is 69.6 Å². The Kier molecular flexibility index (Phi) is 9.75. The van der Waals surface area contributed by atoms with E-state index in [0.29, 0.717) is 61.0 Å². The van der Waals surface area contributed by atoms with E-state index in [4.69, 9.17) is 32.7 Å². The molecule has 1 aliphatic carbocycles. The molecule has 4 aromatic rings. The van der Waals surface area contributed by atoms with Crippen molar-refractivity contribution >= 4 is 40.8 Å².